The van der Waals surface area contributed by atoms with E-state index in [-0.39, 0.29) is 5.92 Å². The molecule has 0 spiro atoms. The molecule has 1 aliphatic rings. The van der Waals surface area contributed by atoms with Gasteiger partial charge in [0.25, 0.3) is 0 Å². The number of carboxylic acids is 1. The van der Waals surface area contributed by atoms with Gasteiger partial charge in [0.2, 0.25) is 0 Å². The van der Waals surface area contributed by atoms with Crippen LogP contribution in [-0.2, 0) is 4.74 Å². The zero-order valence-electron chi connectivity index (χ0n) is 10.7. The number of anilines is 1. The van der Waals surface area contributed by atoms with Crippen LogP contribution < -0.4 is 4.90 Å². The van der Waals surface area contributed by atoms with Gasteiger partial charge in [-0.15, -0.1) is 0 Å². The van der Waals surface area contributed by atoms with E-state index in [2.05, 4.69) is 9.88 Å². The van der Waals surface area contributed by atoms with E-state index >= 15 is 0 Å². The molecule has 0 atom stereocenters. The number of carbonyl (C=O) groups is 1. The molecule has 1 saturated heterocycles. The van der Waals surface area contributed by atoms with E-state index in [0.29, 0.717) is 17.2 Å². The van der Waals surface area contributed by atoms with Gasteiger partial charge in [-0.2, -0.15) is 0 Å². The van der Waals surface area contributed by atoms with Gasteiger partial charge in [-0.3, -0.25) is 0 Å². The lowest BCUT2D eigenvalue weighted by Crippen LogP contribution is -2.25. The third-order valence-electron chi connectivity index (χ3n) is 2.88. The molecule has 0 saturated carbocycles. The summed E-state index contributed by atoms with van der Waals surface area (Å²) in [4.78, 5) is 18.2. The van der Waals surface area contributed by atoms with Crippen LogP contribution in [0.2, 0.25) is 0 Å². The van der Waals surface area contributed by atoms with Gasteiger partial charge in [0, 0.05) is 19.7 Å². The normalized spacial score (nSPS) is 16.9. The molecule has 2 rings (SSSR count). The predicted octanol–water partition coefficient (Wildman–Crippen LogP) is 2.19. The molecule has 0 radical (unpaired) electrons. The summed E-state index contributed by atoms with van der Waals surface area (Å²) in [6, 6.07) is 0. The van der Waals surface area contributed by atoms with Crippen molar-refractivity contribution in [2.24, 2.45) is 0 Å². The van der Waals surface area contributed by atoms with Crippen molar-refractivity contribution in [1.82, 2.24) is 4.98 Å². The molecule has 18 heavy (non-hydrogen) atoms. The number of aromatic nitrogens is 1. The first-order valence-electron chi connectivity index (χ1n) is 6.16. The van der Waals surface area contributed by atoms with Crippen molar-refractivity contribution in [3.05, 3.63) is 10.6 Å². The van der Waals surface area contributed by atoms with Crippen LogP contribution in [0.25, 0.3) is 0 Å². The Labute approximate surface area is 110 Å². The number of rotatable bonds is 3. The maximum atomic E-state index is 11.2. The lowest BCUT2D eigenvalue weighted by Gasteiger charge is -2.17. The zero-order valence-corrected chi connectivity index (χ0v) is 11.5. The molecule has 100 valence electrons. The van der Waals surface area contributed by atoms with Gasteiger partial charge in [-0.1, -0.05) is 25.2 Å². The Kier molecular flexibility index (Phi) is 4.19. The minimum absolute atomic E-state index is 0.129. The van der Waals surface area contributed by atoms with Crippen LogP contribution in [0.4, 0.5) is 5.13 Å². The molecular formula is C12H18N2O3S. The molecule has 1 aliphatic heterocycles. The first-order valence-corrected chi connectivity index (χ1v) is 6.98. The highest BCUT2D eigenvalue weighted by molar-refractivity contribution is 7.17. The van der Waals surface area contributed by atoms with E-state index in [0.717, 1.165) is 31.2 Å². The van der Waals surface area contributed by atoms with Crippen LogP contribution in [0, 0.1) is 0 Å². The highest BCUT2D eigenvalue weighted by Crippen LogP contribution is 2.31. The van der Waals surface area contributed by atoms with Crippen LogP contribution in [0.5, 0.6) is 0 Å². The van der Waals surface area contributed by atoms with E-state index in [9.17, 15) is 9.90 Å². The highest BCUT2D eigenvalue weighted by Gasteiger charge is 2.22. The highest BCUT2D eigenvalue weighted by atomic mass is 32.1. The number of aromatic carboxylic acids is 1. The topological polar surface area (TPSA) is 62.7 Å². The maximum Gasteiger partial charge on any atom is 0.347 e. The number of nitrogens with zero attached hydrogens (tertiary/aromatic N) is 2. The molecule has 1 N–H and O–H groups in total. The van der Waals surface area contributed by atoms with Crippen molar-refractivity contribution in [3.63, 3.8) is 0 Å². The molecule has 1 aromatic heterocycles. The van der Waals surface area contributed by atoms with E-state index < -0.39 is 5.97 Å². The van der Waals surface area contributed by atoms with E-state index in [1.54, 1.807) is 0 Å². The van der Waals surface area contributed by atoms with Crippen molar-refractivity contribution in [2.45, 2.75) is 26.2 Å². The minimum Gasteiger partial charge on any atom is -0.477 e. The van der Waals surface area contributed by atoms with E-state index in [4.69, 9.17) is 4.74 Å². The zero-order chi connectivity index (χ0) is 13.1. The predicted molar refractivity (Wildman–Crippen MR) is 70.8 cm³/mol. The Morgan fingerprint density at radius 3 is 2.83 bits per heavy atom. The third kappa shape index (κ3) is 2.81. The lowest BCUT2D eigenvalue weighted by molar-refractivity contribution is 0.0700. The Balaban J connectivity index is 2.27. The molecule has 5 nitrogen and oxygen atoms in total. The SMILES string of the molecule is CC(C)c1nc(N2CCCOCC2)sc1C(=O)O. The van der Waals surface area contributed by atoms with Gasteiger partial charge in [-0.25, -0.2) is 9.78 Å². The fraction of sp³-hybridized carbons (Fsp3) is 0.667. The summed E-state index contributed by atoms with van der Waals surface area (Å²) < 4.78 is 5.40. The summed E-state index contributed by atoms with van der Waals surface area (Å²) in [5.74, 6) is -0.752. The molecular weight excluding hydrogens is 252 g/mol. The summed E-state index contributed by atoms with van der Waals surface area (Å²) in [5.41, 5.74) is 0.688. The van der Waals surface area contributed by atoms with Gasteiger partial charge < -0.3 is 14.7 Å². The fourth-order valence-electron chi connectivity index (χ4n) is 1.94. The van der Waals surface area contributed by atoms with Crippen LogP contribution in [0.3, 0.4) is 0 Å². The summed E-state index contributed by atoms with van der Waals surface area (Å²) in [5, 5.41) is 10.0. The number of thiazole rings is 1. The monoisotopic (exact) mass is 270 g/mol. The molecule has 0 aliphatic carbocycles. The summed E-state index contributed by atoms with van der Waals surface area (Å²) >= 11 is 1.27. The Morgan fingerprint density at radius 1 is 1.44 bits per heavy atom. The number of ether oxygens (including phenoxy) is 1. The standard InChI is InChI=1S/C12H18N2O3S/c1-8(2)9-10(11(15)16)18-12(13-9)14-4-3-6-17-7-5-14/h8H,3-7H2,1-2H3,(H,15,16). The van der Waals surface area contributed by atoms with Crippen molar-refractivity contribution >= 4 is 22.4 Å². The first kappa shape index (κ1) is 13.3. The molecule has 6 heteroatoms. The number of hydrogen-bond donors (Lipinski definition) is 1. The average molecular weight is 270 g/mol. The molecule has 0 aromatic carbocycles. The molecule has 2 heterocycles. The van der Waals surface area contributed by atoms with E-state index in [1.807, 2.05) is 13.8 Å². The largest absolute Gasteiger partial charge is 0.477 e. The smallest absolute Gasteiger partial charge is 0.347 e. The van der Waals surface area contributed by atoms with Crippen LogP contribution in [0.1, 0.15) is 41.6 Å². The Hall–Kier alpha value is -1.14. The molecule has 0 amide bonds. The van der Waals surface area contributed by atoms with Crippen LogP contribution in [0.15, 0.2) is 0 Å². The van der Waals surface area contributed by atoms with Crippen molar-refractivity contribution in [2.75, 3.05) is 31.2 Å². The Morgan fingerprint density at radius 2 is 2.22 bits per heavy atom. The van der Waals surface area contributed by atoms with Crippen molar-refractivity contribution in [3.8, 4) is 0 Å². The second-order valence-corrected chi connectivity index (χ2v) is 5.60. The van der Waals surface area contributed by atoms with Gasteiger partial charge in [-0.05, 0) is 12.3 Å². The van der Waals surface area contributed by atoms with Gasteiger partial charge in [0.1, 0.15) is 4.88 Å². The summed E-state index contributed by atoms with van der Waals surface area (Å²) in [6.45, 7) is 7.05. The lowest BCUT2D eigenvalue weighted by atomic mass is 10.1. The molecule has 1 fully saturated rings. The molecule has 0 unspecified atom stereocenters. The van der Waals surface area contributed by atoms with E-state index in [1.165, 1.54) is 11.3 Å². The summed E-state index contributed by atoms with van der Waals surface area (Å²) in [6.07, 6.45) is 0.957. The molecule has 1 aromatic rings. The van der Waals surface area contributed by atoms with Gasteiger partial charge in [0.05, 0.1) is 12.3 Å². The quantitative estimate of drug-likeness (QED) is 0.912. The fourth-order valence-corrected chi connectivity index (χ4v) is 3.05. The molecule has 0 bridgehead atoms. The van der Waals surface area contributed by atoms with Gasteiger partial charge >= 0.3 is 5.97 Å². The van der Waals surface area contributed by atoms with Gasteiger partial charge in [0.15, 0.2) is 5.13 Å². The maximum absolute atomic E-state index is 11.2. The van der Waals surface area contributed by atoms with Crippen LogP contribution in [-0.4, -0.2) is 42.4 Å². The second kappa shape index (κ2) is 5.67. The number of hydrogen-bond acceptors (Lipinski definition) is 5. The van der Waals surface area contributed by atoms with Crippen LogP contribution >= 0.6 is 11.3 Å². The minimum atomic E-state index is -0.881. The Bertz CT molecular complexity index is 423. The van der Waals surface area contributed by atoms with Crippen molar-refractivity contribution < 1.29 is 14.6 Å². The average Bonchev–Trinajstić information content (AvgIpc) is 2.59. The first-order chi connectivity index (χ1) is 8.59. The summed E-state index contributed by atoms with van der Waals surface area (Å²) in [7, 11) is 0. The third-order valence-corrected chi connectivity index (χ3v) is 4.00. The number of carboxylic acid groups (broad SMARTS) is 1. The second-order valence-electron chi connectivity index (χ2n) is 4.62. The van der Waals surface area contributed by atoms with Crippen molar-refractivity contribution in [1.29, 1.82) is 0 Å².